The molecular formula is C51H64N12O12S2. The second-order valence-corrected chi connectivity index (χ2v) is 21.8. The van der Waals surface area contributed by atoms with Crippen molar-refractivity contribution in [3.05, 3.63) is 72.3 Å². The highest BCUT2D eigenvalue weighted by Gasteiger charge is 2.45. The zero-order valence-electron chi connectivity index (χ0n) is 44.5. The summed E-state index contributed by atoms with van der Waals surface area (Å²) in [5.74, 6) is -10.4. The van der Waals surface area contributed by atoms with E-state index in [1.165, 1.54) is 54.4 Å². The van der Waals surface area contributed by atoms with E-state index in [1.54, 1.807) is 82.5 Å². The lowest BCUT2D eigenvalue weighted by atomic mass is 10.0. The summed E-state index contributed by atoms with van der Waals surface area (Å²) in [6.45, 7) is 7.69. The van der Waals surface area contributed by atoms with Crippen molar-refractivity contribution in [2.45, 2.75) is 94.5 Å². The summed E-state index contributed by atoms with van der Waals surface area (Å²) in [6, 6.07) is 1.79. The molecule has 2 aliphatic rings. The molecule has 2 aliphatic heterocycles. The number of carbonyl (C=O) groups excluding carboxylic acids is 10. The average molecular weight is 1100 g/mol. The van der Waals surface area contributed by atoms with Crippen molar-refractivity contribution in [3.8, 4) is 0 Å². The molecule has 2 bridgehead atoms. The smallest absolute Gasteiger partial charge is 0.329 e. The van der Waals surface area contributed by atoms with Gasteiger partial charge in [-0.2, -0.15) is 0 Å². The zero-order valence-corrected chi connectivity index (χ0v) is 46.2. The number of thioether (sulfide) groups is 2. The van der Waals surface area contributed by atoms with Gasteiger partial charge in [-0.15, -0.1) is 23.5 Å². The first-order valence-corrected chi connectivity index (χ1v) is 27.0. The minimum atomic E-state index is -1.66. The third kappa shape index (κ3) is 13.6. The maximum Gasteiger partial charge on any atom is 0.329 e. The number of para-hydroxylation sites is 4. The lowest BCUT2D eigenvalue weighted by Gasteiger charge is -2.40. The van der Waals surface area contributed by atoms with Crippen molar-refractivity contribution in [3.63, 3.8) is 0 Å². The zero-order chi connectivity index (χ0) is 56.6. The normalized spacial score (nSPS) is 25.4. The molecule has 2 saturated heterocycles. The fourth-order valence-corrected chi connectivity index (χ4v) is 11.4. The van der Waals surface area contributed by atoms with Gasteiger partial charge in [0.25, 0.3) is 11.8 Å². The molecule has 4 heterocycles. The van der Waals surface area contributed by atoms with Gasteiger partial charge in [-0.05, 0) is 56.2 Å². The van der Waals surface area contributed by atoms with Crippen LogP contribution in [0.4, 0.5) is 0 Å². The Morgan fingerprint density at radius 2 is 1.01 bits per heavy atom. The molecule has 412 valence electrons. The maximum absolute atomic E-state index is 15.2. The van der Waals surface area contributed by atoms with E-state index < -0.39 is 137 Å². The van der Waals surface area contributed by atoms with Gasteiger partial charge in [0.05, 0.1) is 39.0 Å². The monoisotopic (exact) mass is 1100 g/mol. The summed E-state index contributed by atoms with van der Waals surface area (Å²) in [4.78, 5) is 166. The molecule has 0 radical (unpaired) electrons. The van der Waals surface area contributed by atoms with Crippen LogP contribution < -0.4 is 21.3 Å². The molecule has 1 unspecified atom stereocenters. The molecule has 2 fully saturated rings. The number of rotatable bonds is 7. The Hall–Kier alpha value is -7.48. The Labute approximate surface area is 453 Å². The maximum atomic E-state index is 15.2. The van der Waals surface area contributed by atoms with Crippen LogP contribution in [-0.4, -0.2) is 205 Å². The van der Waals surface area contributed by atoms with Crippen LogP contribution in [0.25, 0.3) is 22.1 Å². The highest BCUT2D eigenvalue weighted by atomic mass is 32.2. The van der Waals surface area contributed by atoms with Crippen molar-refractivity contribution in [2.24, 2.45) is 11.8 Å². The van der Waals surface area contributed by atoms with E-state index in [-0.39, 0.29) is 17.1 Å². The van der Waals surface area contributed by atoms with E-state index in [2.05, 4.69) is 41.2 Å². The molecule has 2 aromatic heterocycles. The first kappa shape index (κ1) is 58.8. The summed E-state index contributed by atoms with van der Waals surface area (Å²) in [5.41, 5.74) is 1.38. The molecular weight excluding hydrogens is 1040 g/mol. The van der Waals surface area contributed by atoms with E-state index in [9.17, 15) is 38.4 Å². The van der Waals surface area contributed by atoms with Gasteiger partial charge < -0.3 is 50.3 Å². The highest BCUT2D eigenvalue weighted by Crippen LogP contribution is 2.32. The van der Waals surface area contributed by atoms with Crippen molar-refractivity contribution in [2.75, 3.05) is 53.4 Å². The van der Waals surface area contributed by atoms with Gasteiger partial charge in [-0.1, -0.05) is 52.0 Å². The number of amides is 8. The Morgan fingerprint density at radius 3 is 1.43 bits per heavy atom. The van der Waals surface area contributed by atoms with Crippen LogP contribution in [0.1, 0.15) is 62.5 Å². The molecule has 4 aromatic rings. The summed E-state index contributed by atoms with van der Waals surface area (Å²) >= 11 is 2.16. The minimum Gasteiger partial charge on any atom is -0.461 e. The molecule has 0 aliphatic carbocycles. The standard InChI is InChI=1S/C51H64N12O12S2/c1-25(2)38-49(72)74-22-36(59-42(65)34-21-53-30-17-13-15-19-32(30)57-34)44(67)55-28(6)46(69)63(10)40-48(71)62(9)39(26(3)4)50(73)75-23-35(58-41(64)33-20-52-29-16-12-14-18-31(29)56-33)43(66)54-27(5)45(68)60(7)37(47(70)61(38)8)24-77-51(40)76-11/h12-21,25-28,35-40,51H,22-24H2,1-11H3,(H,54,66)(H,55,67)(H,58,64)(H,59,65)/t27-,28-,35+,36+,37-,38-,39-,40+,51?/m0/s1. The second kappa shape index (κ2) is 25.6. The van der Waals surface area contributed by atoms with E-state index in [0.717, 1.165) is 43.1 Å². The number of nitrogens with one attached hydrogen (secondary N) is 4. The predicted octanol–water partition coefficient (Wildman–Crippen LogP) is 0.635. The van der Waals surface area contributed by atoms with Crippen LogP contribution in [0.2, 0.25) is 0 Å². The Bertz CT molecular complexity index is 2930. The van der Waals surface area contributed by atoms with Crippen LogP contribution >= 0.6 is 23.5 Å². The molecule has 8 amide bonds. The molecule has 77 heavy (non-hydrogen) atoms. The van der Waals surface area contributed by atoms with Crippen molar-refractivity contribution >= 4 is 105 Å². The van der Waals surface area contributed by atoms with E-state index >= 15 is 9.59 Å². The van der Waals surface area contributed by atoms with Crippen LogP contribution in [0.5, 0.6) is 0 Å². The molecule has 9 atom stereocenters. The lowest BCUT2D eigenvalue weighted by Crippen LogP contribution is -2.60. The Kier molecular flexibility index (Phi) is 19.5. The third-order valence-corrected chi connectivity index (χ3v) is 16.0. The number of benzene rings is 2. The summed E-state index contributed by atoms with van der Waals surface area (Å²) in [5, 5.41) is 10.2. The fourth-order valence-electron chi connectivity index (χ4n) is 8.88. The third-order valence-electron chi connectivity index (χ3n) is 13.2. The van der Waals surface area contributed by atoms with Crippen molar-refractivity contribution < 1.29 is 57.4 Å². The number of aromatic nitrogens is 4. The number of nitrogens with zero attached hydrogens (tertiary/aromatic N) is 8. The number of cyclic esters (lactones) is 2. The molecule has 0 saturated carbocycles. The summed E-state index contributed by atoms with van der Waals surface area (Å²) in [6.07, 6.45) is 4.06. The van der Waals surface area contributed by atoms with Crippen LogP contribution in [0, 0.1) is 11.8 Å². The number of ether oxygens (including phenoxy) is 2. The van der Waals surface area contributed by atoms with Crippen LogP contribution in [0.15, 0.2) is 60.9 Å². The average Bonchev–Trinajstić information content (AvgIpc) is 3.40. The van der Waals surface area contributed by atoms with Gasteiger partial charge in [-0.25, -0.2) is 19.6 Å². The van der Waals surface area contributed by atoms with E-state index in [1.807, 2.05) is 0 Å². The Balaban J connectivity index is 1.43. The number of hydrogen-bond acceptors (Lipinski definition) is 18. The van der Waals surface area contributed by atoms with Gasteiger partial charge in [0, 0.05) is 33.9 Å². The van der Waals surface area contributed by atoms with Crippen LogP contribution in [-0.2, 0) is 47.8 Å². The number of esters is 2. The first-order valence-electron chi connectivity index (χ1n) is 24.7. The minimum absolute atomic E-state index is 0.182. The van der Waals surface area contributed by atoms with Crippen LogP contribution in [0.3, 0.4) is 0 Å². The molecule has 4 N–H and O–H groups in total. The number of likely N-dealkylation sites (N-methyl/N-ethyl adjacent to an activating group) is 4. The molecule has 6 rings (SSSR count). The SMILES string of the molecule is CSC1SC[C@H]2C(=O)N(C)[C@@H](C(C)C)C(=O)OC[C@@H](NC(=O)c3cnc4ccccc4n3)C(=O)N[C@@H](C)C(=O)N(C)[C@@H]1C(=O)N(C)[C@@H](C(C)C)C(=O)OC[C@@H](NC(=O)c1cnc3ccccc3n1)C(=O)N[C@@H](C)C(=O)N2C. The quantitative estimate of drug-likeness (QED) is 0.185. The second-order valence-electron chi connectivity index (χ2n) is 19.3. The molecule has 24 nitrogen and oxygen atoms in total. The topological polar surface area (TPSA) is 302 Å². The summed E-state index contributed by atoms with van der Waals surface area (Å²) in [7, 11) is 5.32. The molecule has 0 spiro atoms. The first-order chi connectivity index (χ1) is 36.4. The number of hydrogen-bond donors (Lipinski definition) is 4. The molecule has 2 aromatic carbocycles. The van der Waals surface area contributed by atoms with Gasteiger partial charge in [0.1, 0.15) is 72.9 Å². The Morgan fingerprint density at radius 1 is 0.610 bits per heavy atom. The van der Waals surface area contributed by atoms with Gasteiger partial charge in [0.2, 0.25) is 35.4 Å². The van der Waals surface area contributed by atoms with Crippen molar-refractivity contribution in [1.29, 1.82) is 0 Å². The van der Waals surface area contributed by atoms with Crippen molar-refractivity contribution in [1.82, 2.24) is 60.8 Å². The predicted molar refractivity (Wildman–Crippen MR) is 284 cm³/mol. The van der Waals surface area contributed by atoms with Gasteiger partial charge in [-0.3, -0.25) is 48.3 Å². The summed E-state index contributed by atoms with van der Waals surface area (Å²) < 4.78 is 10.5. The largest absolute Gasteiger partial charge is 0.461 e. The molecule has 26 heteroatoms. The van der Waals surface area contributed by atoms with E-state index in [4.69, 9.17) is 9.47 Å². The number of carbonyl (C=O) groups is 10. The fraction of sp³-hybridized carbons (Fsp3) is 0.490. The number of fused-ring (bicyclic) bond motifs is 6. The van der Waals surface area contributed by atoms with Gasteiger partial charge >= 0.3 is 11.9 Å². The lowest BCUT2D eigenvalue weighted by molar-refractivity contribution is -0.160. The van der Waals surface area contributed by atoms with Gasteiger partial charge in [0.15, 0.2) is 0 Å². The highest BCUT2D eigenvalue weighted by molar-refractivity contribution is 8.16. The van der Waals surface area contributed by atoms with E-state index in [0.29, 0.717) is 22.1 Å².